The number of rotatable bonds is 1. The van der Waals surface area contributed by atoms with Crippen LogP contribution in [0.4, 0.5) is 0 Å². The Morgan fingerprint density at radius 3 is 2.56 bits per heavy atom. The molecule has 2 heteroatoms. The number of benzene rings is 1. The molecule has 0 fully saturated rings. The smallest absolute Gasteiger partial charge is 0.335 e. The van der Waals surface area contributed by atoms with E-state index < -0.39 is 5.97 Å². The van der Waals surface area contributed by atoms with Crippen molar-refractivity contribution in [2.24, 2.45) is 0 Å². The minimum absolute atomic E-state index is 0.0116. The molecule has 0 saturated carbocycles. The fourth-order valence-electron chi connectivity index (χ4n) is 0.476. The SMILES string of the molecule is [2H]c1cc([2H])cc(C(=O)O)c1. The lowest BCUT2D eigenvalue weighted by Crippen LogP contribution is -1.93. The molecule has 9 heavy (non-hydrogen) atoms. The van der Waals surface area contributed by atoms with Gasteiger partial charge in [0.15, 0.2) is 0 Å². The summed E-state index contributed by atoms with van der Waals surface area (Å²) in [5.74, 6) is -1.10. The van der Waals surface area contributed by atoms with Gasteiger partial charge >= 0.3 is 5.97 Å². The maximum Gasteiger partial charge on any atom is 0.335 e. The second-order valence-electron chi connectivity index (χ2n) is 1.53. The maximum atomic E-state index is 10.3. The van der Waals surface area contributed by atoms with Crippen LogP contribution in [0.25, 0.3) is 0 Å². The highest BCUT2D eigenvalue weighted by Gasteiger charge is 1.96. The number of carboxylic acids is 1. The van der Waals surface area contributed by atoms with E-state index in [1.165, 1.54) is 18.2 Å². The molecule has 0 aliphatic carbocycles. The molecule has 0 aliphatic heterocycles. The summed E-state index contributed by atoms with van der Waals surface area (Å²) in [4.78, 5) is 10.3. The number of carboxylic acid groups (broad SMARTS) is 1. The fraction of sp³-hybridized carbons (Fsp3) is 0. The van der Waals surface area contributed by atoms with Gasteiger partial charge < -0.3 is 5.11 Å². The lowest BCUT2D eigenvalue weighted by molar-refractivity contribution is 0.0697. The van der Waals surface area contributed by atoms with Crippen LogP contribution in [0.5, 0.6) is 0 Å². The molecule has 2 nitrogen and oxygen atoms in total. The lowest BCUT2D eigenvalue weighted by Gasteiger charge is -1.88. The average Bonchev–Trinajstić information content (AvgIpc) is 1.85. The molecule has 0 amide bonds. The number of aromatic carboxylic acids is 1. The Kier molecular flexibility index (Phi) is 0.939. The maximum absolute atomic E-state index is 10.3. The van der Waals surface area contributed by atoms with Crippen LogP contribution in [0.15, 0.2) is 30.3 Å². The second-order valence-corrected chi connectivity index (χ2v) is 1.53. The van der Waals surface area contributed by atoms with Gasteiger partial charge in [0, 0.05) is 0 Å². The first-order valence-corrected chi connectivity index (χ1v) is 2.41. The Hall–Kier alpha value is -1.31. The normalized spacial score (nSPS) is 12.0. The van der Waals surface area contributed by atoms with Crippen LogP contribution in [-0.2, 0) is 0 Å². The van der Waals surface area contributed by atoms with Gasteiger partial charge in [0.25, 0.3) is 0 Å². The molecule has 1 aromatic carbocycles. The summed E-state index contributed by atoms with van der Waals surface area (Å²) in [7, 11) is 0. The van der Waals surface area contributed by atoms with Gasteiger partial charge in [0.1, 0.15) is 0 Å². The Labute approximate surface area is 55.6 Å². The minimum Gasteiger partial charge on any atom is -0.478 e. The monoisotopic (exact) mass is 124 g/mol. The third kappa shape index (κ3) is 1.29. The first-order valence-electron chi connectivity index (χ1n) is 3.41. The highest BCUT2D eigenvalue weighted by molar-refractivity contribution is 5.87. The van der Waals surface area contributed by atoms with Crippen LogP contribution in [-0.4, -0.2) is 11.1 Å². The molecule has 1 N–H and O–H groups in total. The summed E-state index contributed by atoms with van der Waals surface area (Å²) >= 11 is 0. The van der Waals surface area contributed by atoms with E-state index in [4.69, 9.17) is 7.85 Å². The molecule has 0 aromatic heterocycles. The summed E-state index contributed by atoms with van der Waals surface area (Å²) in [5.41, 5.74) is -0.0116. The van der Waals surface area contributed by atoms with E-state index in [9.17, 15) is 4.79 Å². The van der Waals surface area contributed by atoms with E-state index in [1.54, 1.807) is 0 Å². The molecular weight excluding hydrogens is 116 g/mol. The van der Waals surface area contributed by atoms with Gasteiger partial charge in [-0.1, -0.05) is 18.2 Å². The summed E-state index contributed by atoms with van der Waals surface area (Å²) < 4.78 is 14.2. The molecule has 0 radical (unpaired) electrons. The van der Waals surface area contributed by atoms with Crippen molar-refractivity contribution in [1.29, 1.82) is 0 Å². The van der Waals surface area contributed by atoms with Gasteiger partial charge in [-0.3, -0.25) is 0 Å². The molecule has 0 bridgehead atoms. The van der Waals surface area contributed by atoms with Crippen molar-refractivity contribution < 1.29 is 12.6 Å². The number of carbonyl (C=O) groups is 1. The van der Waals surface area contributed by atoms with Gasteiger partial charge in [-0.2, -0.15) is 0 Å². The summed E-state index contributed by atoms with van der Waals surface area (Å²) in [6, 6.07) is 3.80. The topological polar surface area (TPSA) is 37.3 Å². The van der Waals surface area contributed by atoms with E-state index in [-0.39, 0.29) is 17.6 Å². The van der Waals surface area contributed by atoms with E-state index in [0.29, 0.717) is 0 Å². The molecule has 0 spiro atoms. The van der Waals surface area contributed by atoms with Gasteiger partial charge in [-0.05, 0) is 12.1 Å². The minimum atomic E-state index is -1.10. The first kappa shape index (κ1) is 3.67. The van der Waals surface area contributed by atoms with E-state index >= 15 is 0 Å². The average molecular weight is 124 g/mol. The van der Waals surface area contributed by atoms with E-state index in [1.807, 2.05) is 0 Å². The molecule has 0 saturated heterocycles. The predicted molar refractivity (Wildman–Crippen MR) is 33.4 cm³/mol. The molecule has 1 aromatic rings. The van der Waals surface area contributed by atoms with E-state index in [0.717, 1.165) is 0 Å². The predicted octanol–water partition coefficient (Wildman–Crippen LogP) is 1.38. The Morgan fingerprint density at radius 2 is 2.11 bits per heavy atom. The van der Waals surface area contributed by atoms with Gasteiger partial charge in [-0.15, -0.1) is 0 Å². The van der Waals surface area contributed by atoms with Crippen molar-refractivity contribution in [2.45, 2.75) is 0 Å². The lowest BCUT2D eigenvalue weighted by atomic mass is 10.2. The number of hydrogen-bond acceptors (Lipinski definition) is 1. The second kappa shape index (κ2) is 2.31. The first-order chi connectivity index (χ1) is 5.09. The zero-order valence-corrected chi connectivity index (χ0v) is 4.59. The van der Waals surface area contributed by atoms with Crippen LogP contribution in [0.1, 0.15) is 13.1 Å². The standard InChI is InChI=1S/C7H6O2/c8-7(9)6-4-2-1-3-5-6/h1-5H,(H,8,9)/i2D,3D. The van der Waals surface area contributed by atoms with Crippen molar-refractivity contribution in [3.05, 3.63) is 35.8 Å². The molecule has 46 valence electrons. The molecule has 0 unspecified atom stereocenters. The highest BCUT2D eigenvalue weighted by atomic mass is 16.4. The summed E-state index contributed by atoms with van der Waals surface area (Å²) in [5, 5.41) is 8.47. The fourth-order valence-corrected chi connectivity index (χ4v) is 0.476. The van der Waals surface area contributed by atoms with Crippen molar-refractivity contribution in [2.75, 3.05) is 0 Å². The third-order valence-electron chi connectivity index (χ3n) is 0.891. The van der Waals surface area contributed by atoms with Gasteiger partial charge in [-0.25, -0.2) is 4.79 Å². The van der Waals surface area contributed by atoms with E-state index in [2.05, 4.69) is 0 Å². The van der Waals surface area contributed by atoms with Crippen LogP contribution in [0.2, 0.25) is 0 Å². The Bertz CT molecular complexity index is 276. The summed E-state index contributed by atoms with van der Waals surface area (Å²) in [6.07, 6.45) is 0. The Morgan fingerprint density at radius 1 is 1.56 bits per heavy atom. The van der Waals surface area contributed by atoms with Crippen LogP contribution in [0.3, 0.4) is 0 Å². The highest BCUT2D eigenvalue weighted by Crippen LogP contribution is 1.96. The molecular formula is C7H6O2. The largest absolute Gasteiger partial charge is 0.478 e. The zero-order valence-electron chi connectivity index (χ0n) is 6.59. The van der Waals surface area contributed by atoms with Crippen LogP contribution < -0.4 is 0 Å². The van der Waals surface area contributed by atoms with Gasteiger partial charge in [0.05, 0.1) is 8.30 Å². The van der Waals surface area contributed by atoms with Crippen LogP contribution >= 0.6 is 0 Å². The molecule has 1 rings (SSSR count). The third-order valence-corrected chi connectivity index (χ3v) is 0.891. The molecule has 0 aliphatic rings. The zero-order chi connectivity index (χ0) is 8.43. The quantitative estimate of drug-likeness (QED) is 0.614. The van der Waals surface area contributed by atoms with Gasteiger partial charge in [0.2, 0.25) is 0 Å². The van der Waals surface area contributed by atoms with Crippen molar-refractivity contribution >= 4 is 5.97 Å². The van der Waals surface area contributed by atoms with Crippen molar-refractivity contribution in [3.8, 4) is 0 Å². The van der Waals surface area contributed by atoms with Crippen molar-refractivity contribution in [3.63, 3.8) is 0 Å². The van der Waals surface area contributed by atoms with Crippen LogP contribution in [0, 0.1) is 0 Å². The molecule has 0 heterocycles. The van der Waals surface area contributed by atoms with Crippen molar-refractivity contribution in [1.82, 2.24) is 0 Å². The number of hydrogen-bond donors (Lipinski definition) is 1. The summed E-state index contributed by atoms with van der Waals surface area (Å²) in [6.45, 7) is 0. The Balaban J connectivity index is 3.19. The molecule has 0 atom stereocenters.